The Hall–Kier alpha value is 0.127. The lowest BCUT2D eigenvalue weighted by atomic mass is 10.1. The molecule has 2 heterocycles. The molecule has 2 saturated heterocycles. The van der Waals surface area contributed by atoms with Crippen LogP contribution < -0.4 is 0 Å². The normalized spacial score (nSPS) is 37.5. The van der Waals surface area contributed by atoms with Gasteiger partial charge in [0.05, 0.1) is 31.5 Å². The lowest BCUT2D eigenvalue weighted by molar-refractivity contribution is -0.0419. The van der Waals surface area contributed by atoms with Gasteiger partial charge in [-0.25, -0.2) is 4.57 Å². The van der Waals surface area contributed by atoms with Gasteiger partial charge < -0.3 is 28.6 Å². The molecule has 0 aromatic carbocycles. The lowest BCUT2D eigenvalue weighted by Gasteiger charge is -2.40. The number of hydrogen-bond donors (Lipinski definition) is 2. The molecule has 2 rings (SSSR count). The van der Waals surface area contributed by atoms with Crippen molar-refractivity contribution >= 4 is 16.1 Å². The monoisotopic (exact) mass is 470 g/mol. The van der Waals surface area contributed by atoms with E-state index < -0.39 is 46.7 Å². The Balaban J connectivity index is 2.11. The zero-order valence-electron chi connectivity index (χ0n) is 19.4. The average molecular weight is 471 g/mol. The van der Waals surface area contributed by atoms with E-state index in [0.29, 0.717) is 6.42 Å². The van der Waals surface area contributed by atoms with E-state index in [2.05, 4.69) is 33.9 Å². The van der Waals surface area contributed by atoms with Gasteiger partial charge in [-0.1, -0.05) is 20.8 Å². The highest BCUT2D eigenvalue weighted by molar-refractivity contribution is 7.47. The van der Waals surface area contributed by atoms with Gasteiger partial charge in [-0.15, -0.1) is 0 Å². The van der Waals surface area contributed by atoms with Gasteiger partial charge in [0.15, 0.2) is 8.32 Å². The predicted molar refractivity (Wildman–Crippen MR) is 114 cm³/mol. The van der Waals surface area contributed by atoms with E-state index >= 15 is 0 Å². The van der Waals surface area contributed by atoms with Crippen molar-refractivity contribution in [1.29, 1.82) is 0 Å². The fraction of sp³-hybridized carbons (Fsp3) is 1.00. The molecule has 0 aromatic heterocycles. The molecule has 0 bridgehead atoms. The number of hydrogen-bond acceptors (Lipinski definition) is 8. The molecule has 178 valence electrons. The van der Waals surface area contributed by atoms with Crippen LogP contribution in [0.3, 0.4) is 0 Å². The molecule has 2 N–H and O–H groups in total. The highest BCUT2D eigenvalue weighted by Crippen LogP contribution is 2.49. The van der Waals surface area contributed by atoms with Crippen LogP contribution >= 0.6 is 7.82 Å². The molecule has 0 spiro atoms. The summed E-state index contributed by atoms with van der Waals surface area (Å²) in [6, 6.07) is 0. The van der Waals surface area contributed by atoms with Gasteiger partial charge >= 0.3 is 7.82 Å². The first-order valence-corrected chi connectivity index (χ1v) is 14.9. The quantitative estimate of drug-likeness (QED) is 0.388. The summed E-state index contributed by atoms with van der Waals surface area (Å²) in [6.45, 7) is 14.2. The summed E-state index contributed by atoms with van der Waals surface area (Å²) in [6.07, 6.45) is -3.38. The molecule has 2 fully saturated rings. The number of rotatable bonds is 9. The Labute approximate surface area is 181 Å². The molecule has 2 unspecified atom stereocenters. The molecular formula is C19H39O9PSi. The first kappa shape index (κ1) is 26.4. The summed E-state index contributed by atoms with van der Waals surface area (Å²) in [7, 11) is -5.14. The minimum Gasteiger partial charge on any atom is -0.409 e. The van der Waals surface area contributed by atoms with Gasteiger partial charge in [0, 0.05) is 13.5 Å². The summed E-state index contributed by atoms with van der Waals surface area (Å²) in [5, 5.41) is 9.91. The van der Waals surface area contributed by atoms with Crippen LogP contribution in [0.5, 0.6) is 0 Å². The Morgan fingerprint density at radius 2 is 1.73 bits per heavy atom. The van der Waals surface area contributed by atoms with E-state index in [4.69, 9.17) is 27.7 Å². The van der Waals surface area contributed by atoms with Gasteiger partial charge in [-0.05, 0) is 32.0 Å². The van der Waals surface area contributed by atoms with Crippen LogP contribution in [-0.4, -0.2) is 81.4 Å². The molecule has 11 heteroatoms. The summed E-state index contributed by atoms with van der Waals surface area (Å²) in [4.78, 5) is 10.4. The molecule has 2 aliphatic heterocycles. The highest BCUT2D eigenvalue weighted by atomic mass is 31.2. The Kier molecular flexibility index (Phi) is 8.75. The SMILES string of the molecule is COC[C@H]1O[C@@H](C)C(O[Si](C)(C)C(C)(C)C)[C@H]1OP(=O)(O)OC[C@H]1O[C@@H](C)C[C@H]1O. The van der Waals surface area contributed by atoms with Crippen LogP contribution in [0.1, 0.15) is 41.0 Å². The molecule has 0 aromatic rings. The summed E-state index contributed by atoms with van der Waals surface area (Å²) >= 11 is 0. The maximum Gasteiger partial charge on any atom is 0.472 e. The second-order valence-electron chi connectivity index (χ2n) is 9.80. The van der Waals surface area contributed by atoms with Crippen LogP contribution in [0.2, 0.25) is 18.1 Å². The molecule has 0 aliphatic carbocycles. The zero-order chi connectivity index (χ0) is 22.9. The van der Waals surface area contributed by atoms with Gasteiger partial charge in [0.1, 0.15) is 24.4 Å². The van der Waals surface area contributed by atoms with Crippen LogP contribution in [0, 0.1) is 0 Å². The maximum atomic E-state index is 12.7. The smallest absolute Gasteiger partial charge is 0.409 e. The second-order valence-corrected chi connectivity index (χ2v) is 16.0. The number of aliphatic hydroxyl groups excluding tert-OH is 1. The fourth-order valence-electron chi connectivity index (χ4n) is 3.45. The summed E-state index contributed by atoms with van der Waals surface area (Å²) in [5.74, 6) is 0. The average Bonchev–Trinajstić information content (AvgIpc) is 3.05. The van der Waals surface area contributed by atoms with Crippen molar-refractivity contribution in [2.75, 3.05) is 20.3 Å². The van der Waals surface area contributed by atoms with E-state index in [9.17, 15) is 14.6 Å². The summed E-state index contributed by atoms with van der Waals surface area (Å²) in [5.41, 5.74) is 0. The molecule has 0 saturated carbocycles. The fourth-order valence-corrected chi connectivity index (χ4v) is 5.77. The van der Waals surface area contributed by atoms with Crippen molar-refractivity contribution in [3.63, 3.8) is 0 Å². The molecule has 0 amide bonds. The van der Waals surface area contributed by atoms with E-state index in [0.717, 1.165) is 0 Å². The number of methoxy groups -OCH3 is 1. The lowest BCUT2D eigenvalue weighted by Crippen LogP contribution is -2.49. The van der Waals surface area contributed by atoms with Crippen molar-refractivity contribution in [3.05, 3.63) is 0 Å². The van der Waals surface area contributed by atoms with Crippen molar-refractivity contribution in [2.45, 2.75) is 102 Å². The van der Waals surface area contributed by atoms with Crippen molar-refractivity contribution < 1.29 is 42.2 Å². The minimum atomic E-state index is -4.46. The molecule has 8 atom stereocenters. The molecule has 9 nitrogen and oxygen atoms in total. The van der Waals surface area contributed by atoms with Crippen LogP contribution in [0.4, 0.5) is 0 Å². The second kappa shape index (κ2) is 9.95. The van der Waals surface area contributed by atoms with Crippen molar-refractivity contribution in [2.24, 2.45) is 0 Å². The van der Waals surface area contributed by atoms with E-state index in [1.807, 2.05) is 13.8 Å². The molecular weight excluding hydrogens is 431 g/mol. The Morgan fingerprint density at radius 3 is 2.23 bits per heavy atom. The minimum absolute atomic E-state index is 0.0529. The standard InChI is InChI=1S/C19H39O9PSi/c1-12-9-14(20)15(25-12)11-24-29(21,22)27-18-16(10-23-6)26-13(2)17(18)28-30(7,8)19(3,4)5/h12-18,20H,9-11H2,1-8H3,(H,21,22)/t12-,13-,14+,15+,16+,17?,18-/m0/s1. The van der Waals surface area contributed by atoms with Gasteiger partial charge in [-0.3, -0.25) is 9.05 Å². The third kappa shape index (κ3) is 6.57. The first-order valence-electron chi connectivity index (χ1n) is 10.5. The van der Waals surface area contributed by atoms with Crippen LogP contribution in [-0.2, 0) is 32.2 Å². The number of phosphoric ester groups is 1. The third-order valence-corrected chi connectivity index (χ3v) is 11.6. The largest absolute Gasteiger partial charge is 0.472 e. The molecule has 2 aliphatic rings. The van der Waals surface area contributed by atoms with E-state index in [1.54, 1.807) is 0 Å². The van der Waals surface area contributed by atoms with Crippen molar-refractivity contribution in [1.82, 2.24) is 0 Å². The summed E-state index contributed by atoms with van der Waals surface area (Å²) < 4.78 is 46.6. The Morgan fingerprint density at radius 1 is 1.10 bits per heavy atom. The van der Waals surface area contributed by atoms with Gasteiger partial charge in [0.25, 0.3) is 0 Å². The predicted octanol–water partition coefficient (Wildman–Crippen LogP) is 2.85. The zero-order valence-corrected chi connectivity index (χ0v) is 21.3. The maximum absolute atomic E-state index is 12.7. The number of aliphatic hydroxyl groups is 1. The first-order chi connectivity index (χ1) is 13.7. The van der Waals surface area contributed by atoms with Crippen molar-refractivity contribution in [3.8, 4) is 0 Å². The van der Waals surface area contributed by atoms with Gasteiger partial charge in [0.2, 0.25) is 0 Å². The van der Waals surface area contributed by atoms with Crippen LogP contribution in [0.25, 0.3) is 0 Å². The number of phosphoric acid groups is 1. The highest BCUT2D eigenvalue weighted by Gasteiger charge is 2.51. The number of ether oxygens (including phenoxy) is 3. The van der Waals surface area contributed by atoms with E-state index in [1.165, 1.54) is 7.11 Å². The van der Waals surface area contributed by atoms with E-state index in [-0.39, 0.29) is 30.5 Å². The molecule has 30 heavy (non-hydrogen) atoms. The topological polar surface area (TPSA) is 113 Å². The van der Waals surface area contributed by atoms with Crippen LogP contribution in [0.15, 0.2) is 0 Å². The van der Waals surface area contributed by atoms with Gasteiger partial charge in [-0.2, -0.15) is 0 Å². The third-order valence-electron chi connectivity index (χ3n) is 6.18. The molecule has 0 radical (unpaired) electrons. The Bertz CT molecular complexity index is 611.